The molecule has 0 saturated carbocycles. The third kappa shape index (κ3) is 2.37. The van der Waals surface area contributed by atoms with E-state index in [1.807, 2.05) is 6.92 Å². The average Bonchev–Trinajstić information content (AvgIpc) is 2.02. The van der Waals surface area contributed by atoms with Crippen molar-refractivity contribution in [3.05, 3.63) is 29.6 Å². The lowest BCUT2D eigenvalue weighted by molar-refractivity contribution is 0.547. The summed E-state index contributed by atoms with van der Waals surface area (Å²) >= 11 is 0. The molecule has 0 bridgehead atoms. The van der Waals surface area contributed by atoms with Crippen LogP contribution in [0.1, 0.15) is 13.3 Å². The Hall–Kier alpha value is -1.19. The molecule has 0 amide bonds. The highest BCUT2D eigenvalue weighted by Crippen LogP contribution is 2.19. The SMILES string of the molecule is CCCNc1c(F)cc(F)cc1F. The van der Waals surface area contributed by atoms with Gasteiger partial charge in [-0.1, -0.05) is 6.92 Å². The van der Waals surface area contributed by atoms with Gasteiger partial charge in [-0.25, -0.2) is 13.2 Å². The predicted molar refractivity (Wildman–Crippen MR) is 45.1 cm³/mol. The van der Waals surface area contributed by atoms with Gasteiger partial charge in [0.2, 0.25) is 0 Å². The van der Waals surface area contributed by atoms with Crippen molar-refractivity contribution in [1.29, 1.82) is 0 Å². The van der Waals surface area contributed by atoms with Crippen LogP contribution in [0.4, 0.5) is 18.9 Å². The molecular weight excluding hydrogens is 179 g/mol. The van der Waals surface area contributed by atoms with Crippen LogP contribution in [0.2, 0.25) is 0 Å². The van der Waals surface area contributed by atoms with Crippen molar-refractivity contribution in [1.82, 2.24) is 0 Å². The normalized spacial score (nSPS) is 10.2. The molecule has 72 valence electrons. The first-order chi connectivity index (χ1) is 6.15. The molecule has 0 aliphatic heterocycles. The molecule has 0 spiro atoms. The Morgan fingerprint density at radius 2 is 1.69 bits per heavy atom. The highest BCUT2D eigenvalue weighted by Gasteiger charge is 2.09. The number of rotatable bonds is 3. The number of halogens is 3. The zero-order valence-electron chi connectivity index (χ0n) is 7.20. The van der Waals surface area contributed by atoms with Crippen LogP contribution in [-0.4, -0.2) is 6.54 Å². The topological polar surface area (TPSA) is 12.0 Å². The van der Waals surface area contributed by atoms with Crippen LogP contribution in [0.5, 0.6) is 0 Å². The molecule has 13 heavy (non-hydrogen) atoms. The van der Waals surface area contributed by atoms with Gasteiger partial charge in [-0.15, -0.1) is 0 Å². The Labute approximate surface area is 74.6 Å². The van der Waals surface area contributed by atoms with E-state index < -0.39 is 17.5 Å². The van der Waals surface area contributed by atoms with Crippen LogP contribution in [0.25, 0.3) is 0 Å². The molecule has 0 saturated heterocycles. The maximum Gasteiger partial charge on any atom is 0.152 e. The Bertz CT molecular complexity index is 276. The molecule has 0 radical (unpaired) electrons. The van der Waals surface area contributed by atoms with Gasteiger partial charge in [-0.05, 0) is 6.42 Å². The van der Waals surface area contributed by atoms with Crippen LogP contribution in [0, 0.1) is 17.5 Å². The van der Waals surface area contributed by atoms with E-state index in [1.54, 1.807) is 0 Å². The quantitative estimate of drug-likeness (QED) is 0.770. The van der Waals surface area contributed by atoms with Gasteiger partial charge in [0.1, 0.15) is 11.5 Å². The van der Waals surface area contributed by atoms with E-state index in [4.69, 9.17) is 0 Å². The molecule has 0 unspecified atom stereocenters. The number of hydrogen-bond acceptors (Lipinski definition) is 1. The van der Waals surface area contributed by atoms with Crippen LogP contribution in [0.15, 0.2) is 12.1 Å². The first-order valence-corrected chi connectivity index (χ1v) is 4.03. The van der Waals surface area contributed by atoms with Gasteiger partial charge < -0.3 is 5.32 Å². The lowest BCUT2D eigenvalue weighted by Gasteiger charge is -2.06. The molecule has 0 heterocycles. The minimum Gasteiger partial charge on any atom is -0.380 e. The number of nitrogens with one attached hydrogen (secondary N) is 1. The van der Waals surface area contributed by atoms with Crippen molar-refractivity contribution in [2.24, 2.45) is 0 Å². The first kappa shape index (κ1) is 9.89. The van der Waals surface area contributed by atoms with Crippen LogP contribution in [0.3, 0.4) is 0 Å². The van der Waals surface area contributed by atoms with Crippen molar-refractivity contribution in [2.75, 3.05) is 11.9 Å². The Morgan fingerprint density at radius 3 is 2.15 bits per heavy atom. The third-order valence-electron chi connectivity index (χ3n) is 1.56. The molecule has 1 aromatic rings. The largest absolute Gasteiger partial charge is 0.380 e. The Kier molecular flexibility index (Phi) is 3.17. The molecule has 1 nitrogen and oxygen atoms in total. The average molecular weight is 189 g/mol. The lowest BCUT2D eigenvalue weighted by atomic mass is 10.2. The summed E-state index contributed by atoms with van der Waals surface area (Å²) in [5.74, 6) is -2.70. The summed E-state index contributed by atoms with van der Waals surface area (Å²) in [4.78, 5) is 0. The van der Waals surface area contributed by atoms with Gasteiger partial charge in [-0.2, -0.15) is 0 Å². The second-order valence-corrected chi connectivity index (χ2v) is 2.67. The zero-order chi connectivity index (χ0) is 9.84. The van der Waals surface area contributed by atoms with Crippen LogP contribution in [-0.2, 0) is 0 Å². The summed E-state index contributed by atoms with van der Waals surface area (Å²) in [5, 5.41) is 2.54. The Morgan fingerprint density at radius 1 is 1.15 bits per heavy atom. The highest BCUT2D eigenvalue weighted by molar-refractivity contribution is 5.46. The number of benzene rings is 1. The number of hydrogen-bond donors (Lipinski definition) is 1. The van der Waals surface area contributed by atoms with Gasteiger partial charge in [0.15, 0.2) is 11.6 Å². The van der Waals surface area contributed by atoms with Crippen molar-refractivity contribution < 1.29 is 13.2 Å². The van der Waals surface area contributed by atoms with E-state index in [9.17, 15) is 13.2 Å². The van der Waals surface area contributed by atoms with Crippen molar-refractivity contribution in [3.63, 3.8) is 0 Å². The summed E-state index contributed by atoms with van der Waals surface area (Å²) in [6.45, 7) is 2.33. The maximum absolute atomic E-state index is 12.9. The van der Waals surface area contributed by atoms with E-state index in [0.29, 0.717) is 18.7 Å². The highest BCUT2D eigenvalue weighted by atomic mass is 19.1. The molecule has 0 aromatic heterocycles. The molecule has 4 heteroatoms. The lowest BCUT2D eigenvalue weighted by Crippen LogP contribution is -2.04. The fourth-order valence-corrected chi connectivity index (χ4v) is 0.961. The van der Waals surface area contributed by atoms with E-state index in [1.165, 1.54) is 0 Å². The van der Waals surface area contributed by atoms with Crippen LogP contribution >= 0.6 is 0 Å². The summed E-state index contributed by atoms with van der Waals surface area (Å²) in [7, 11) is 0. The molecule has 0 aliphatic carbocycles. The van der Waals surface area contributed by atoms with Gasteiger partial charge in [0.05, 0.1) is 0 Å². The summed E-state index contributed by atoms with van der Waals surface area (Å²) in [6, 6.07) is 1.31. The van der Waals surface area contributed by atoms with E-state index in [0.717, 1.165) is 6.42 Å². The van der Waals surface area contributed by atoms with Crippen molar-refractivity contribution in [3.8, 4) is 0 Å². The minimum absolute atomic E-state index is 0.261. The molecule has 0 aliphatic rings. The van der Waals surface area contributed by atoms with E-state index in [2.05, 4.69) is 5.32 Å². The molecule has 0 atom stereocenters. The van der Waals surface area contributed by atoms with Gasteiger partial charge in [0, 0.05) is 18.7 Å². The van der Waals surface area contributed by atoms with Crippen LogP contribution < -0.4 is 5.32 Å². The standard InChI is InChI=1S/C9H10F3N/c1-2-3-13-9-7(11)4-6(10)5-8(9)12/h4-5,13H,2-3H2,1H3. The monoisotopic (exact) mass is 189 g/mol. The summed E-state index contributed by atoms with van der Waals surface area (Å²) in [6.07, 6.45) is 0.746. The van der Waals surface area contributed by atoms with Gasteiger partial charge in [-0.3, -0.25) is 0 Å². The molecule has 1 rings (SSSR count). The van der Waals surface area contributed by atoms with E-state index >= 15 is 0 Å². The fourth-order valence-electron chi connectivity index (χ4n) is 0.961. The van der Waals surface area contributed by atoms with Crippen molar-refractivity contribution >= 4 is 5.69 Å². The second-order valence-electron chi connectivity index (χ2n) is 2.67. The van der Waals surface area contributed by atoms with Gasteiger partial charge in [0.25, 0.3) is 0 Å². The van der Waals surface area contributed by atoms with Crippen molar-refractivity contribution in [2.45, 2.75) is 13.3 Å². The minimum atomic E-state index is -0.906. The fraction of sp³-hybridized carbons (Fsp3) is 0.333. The molecule has 0 fully saturated rings. The predicted octanol–water partition coefficient (Wildman–Crippen LogP) is 2.93. The molecular formula is C9H10F3N. The van der Waals surface area contributed by atoms with Gasteiger partial charge >= 0.3 is 0 Å². The maximum atomic E-state index is 12.9. The first-order valence-electron chi connectivity index (χ1n) is 4.03. The zero-order valence-corrected chi connectivity index (χ0v) is 7.20. The third-order valence-corrected chi connectivity index (χ3v) is 1.56. The van der Waals surface area contributed by atoms with E-state index in [-0.39, 0.29) is 5.69 Å². The molecule has 1 aromatic carbocycles. The smallest absolute Gasteiger partial charge is 0.152 e. The number of anilines is 1. The molecule has 1 N–H and O–H groups in total. The Balaban J connectivity index is 2.92. The second kappa shape index (κ2) is 4.16. The summed E-state index contributed by atoms with van der Waals surface area (Å²) in [5.41, 5.74) is -0.261. The summed E-state index contributed by atoms with van der Waals surface area (Å²) < 4.78 is 38.2.